The molecule has 0 spiro atoms. The van der Waals surface area contributed by atoms with Crippen LogP contribution in [0.5, 0.6) is 0 Å². The van der Waals surface area contributed by atoms with Crippen LogP contribution in [0, 0.1) is 5.41 Å². The molecule has 19 heavy (non-hydrogen) atoms. The topological polar surface area (TPSA) is 32.5 Å². The molecule has 2 N–H and O–H groups in total. The second-order valence-electron chi connectivity index (χ2n) is 7.15. The van der Waals surface area contributed by atoms with Crippen LogP contribution in [0.2, 0.25) is 0 Å². The van der Waals surface area contributed by atoms with Crippen LogP contribution >= 0.6 is 0 Å². The highest BCUT2D eigenvalue weighted by Gasteiger charge is 2.35. The first-order valence-electron chi connectivity index (χ1n) is 8.24. The Labute approximate surface area is 119 Å². The van der Waals surface area contributed by atoms with E-state index in [-0.39, 0.29) is 0 Å². The monoisotopic (exact) mass is 267 g/mol. The fourth-order valence-electron chi connectivity index (χ4n) is 4.07. The molecular formula is C16H33N3. The highest BCUT2D eigenvalue weighted by atomic mass is 15.2. The molecule has 1 aliphatic heterocycles. The van der Waals surface area contributed by atoms with Crippen molar-refractivity contribution < 1.29 is 0 Å². The minimum absolute atomic E-state index is 0.422. The minimum Gasteiger partial charge on any atom is -0.330 e. The molecule has 112 valence electrons. The maximum Gasteiger partial charge on any atom is 0.0223 e. The number of hydrogen-bond donors (Lipinski definition) is 1. The molecule has 0 bridgehead atoms. The SMILES string of the molecule is CN(C)CC1CCCN1CC1(CN)CCCCCC1. The van der Waals surface area contributed by atoms with Crippen molar-refractivity contribution in [2.75, 3.05) is 40.3 Å². The Morgan fingerprint density at radius 2 is 1.79 bits per heavy atom. The normalized spacial score (nSPS) is 28.7. The summed E-state index contributed by atoms with van der Waals surface area (Å²) in [6.45, 7) is 4.64. The number of nitrogens with two attached hydrogens (primary N) is 1. The number of likely N-dealkylation sites (tertiary alicyclic amines) is 1. The van der Waals surface area contributed by atoms with Gasteiger partial charge in [-0.2, -0.15) is 0 Å². The van der Waals surface area contributed by atoms with Gasteiger partial charge in [-0.3, -0.25) is 4.90 Å². The summed E-state index contributed by atoms with van der Waals surface area (Å²) in [5.74, 6) is 0. The van der Waals surface area contributed by atoms with Crippen LogP contribution in [0.25, 0.3) is 0 Å². The summed E-state index contributed by atoms with van der Waals surface area (Å²) in [6.07, 6.45) is 11.1. The standard InChI is InChI=1S/C16H33N3/c1-18(2)12-15-8-7-11-19(15)14-16(13-17)9-5-3-4-6-10-16/h15H,3-14,17H2,1-2H3. The van der Waals surface area contributed by atoms with Gasteiger partial charge in [0.1, 0.15) is 0 Å². The van der Waals surface area contributed by atoms with Gasteiger partial charge in [0.25, 0.3) is 0 Å². The minimum atomic E-state index is 0.422. The zero-order valence-electron chi connectivity index (χ0n) is 13.0. The van der Waals surface area contributed by atoms with E-state index in [4.69, 9.17) is 5.73 Å². The van der Waals surface area contributed by atoms with Gasteiger partial charge in [0.2, 0.25) is 0 Å². The second-order valence-corrected chi connectivity index (χ2v) is 7.15. The molecule has 2 fully saturated rings. The van der Waals surface area contributed by atoms with Crippen molar-refractivity contribution in [2.24, 2.45) is 11.1 Å². The van der Waals surface area contributed by atoms with Crippen LogP contribution in [0.4, 0.5) is 0 Å². The van der Waals surface area contributed by atoms with Gasteiger partial charge >= 0.3 is 0 Å². The third-order valence-electron chi connectivity index (χ3n) is 5.21. The van der Waals surface area contributed by atoms with Crippen molar-refractivity contribution in [2.45, 2.75) is 57.4 Å². The Hall–Kier alpha value is -0.120. The van der Waals surface area contributed by atoms with E-state index < -0.39 is 0 Å². The van der Waals surface area contributed by atoms with E-state index >= 15 is 0 Å². The maximum absolute atomic E-state index is 6.20. The summed E-state index contributed by atoms with van der Waals surface area (Å²) in [5, 5.41) is 0. The first-order valence-corrected chi connectivity index (χ1v) is 8.24. The molecule has 1 unspecified atom stereocenters. The number of hydrogen-bond acceptors (Lipinski definition) is 3. The number of rotatable bonds is 5. The van der Waals surface area contributed by atoms with Crippen molar-refractivity contribution in [3.05, 3.63) is 0 Å². The lowest BCUT2D eigenvalue weighted by Gasteiger charge is -2.38. The van der Waals surface area contributed by atoms with Crippen molar-refractivity contribution >= 4 is 0 Å². The predicted octanol–water partition coefficient (Wildman–Crippen LogP) is 2.31. The van der Waals surface area contributed by atoms with E-state index in [9.17, 15) is 0 Å². The zero-order chi connectivity index (χ0) is 13.7. The molecule has 1 heterocycles. The lowest BCUT2D eigenvalue weighted by atomic mass is 9.79. The average Bonchev–Trinajstić information content (AvgIpc) is 2.65. The molecule has 3 nitrogen and oxygen atoms in total. The average molecular weight is 267 g/mol. The van der Waals surface area contributed by atoms with Crippen molar-refractivity contribution in [3.8, 4) is 0 Å². The highest BCUT2D eigenvalue weighted by molar-refractivity contribution is 4.90. The lowest BCUT2D eigenvalue weighted by Crippen LogP contribution is -2.46. The van der Waals surface area contributed by atoms with E-state index in [1.807, 2.05) is 0 Å². The predicted molar refractivity (Wildman–Crippen MR) is 82.3 cm³/mol. The van der Waals surface area contributed by atoms with Gasteiger partial charge in [-0.25, -0.2) is 0 Å². The van der Waals surface area contributed by atoms with E-state index in [0.29, 0.717) is 5.41 Å². The molecule has 1 saturated heterocycles. The first kappa shape index (κ1) is 15.3. The van der Waals surface area contributed by atoms with E-state index in [1.165, 1.54) is 71.0 Å². The van der Waals surface area contributed by atoms with Crippen LogP contribution in [0.15, 0.2) is 0 Å². The molecule has 0 aromatic heterocycles. The summed E-state index contributed by atoms with van der Waals surface area (Å²) in [5.41, 5.74) is 6.62. The third-order valence-corrected chi connectivity index (χ3v) is 5.21. The maximum atomic E-state index is 6.20. The molecule has 1 saturated carbocycles. The van der Waals surface area contributed by atoms with E-state index in [0.717, 1.165) is 12.6 Å². The molecule has 0 aromatic carbocycles. The molecule has 3 heteroatoms. The Morgan fingerprint density at radius 1 is 1.11 bits per heavy atom. The van der Waals surface area contributed by atoms with E-state index in [1.54, 1.807) is 0 Å². The molecule has 1 aliphatic carbocycles. The zero-order valence-corrected chi connectivity index (χ0v) is 13.0. The third kappa shape index (κ3) is 4.17. The van der Waals surface area contributed by atoms with Gasteiger partial charge < -0.3 is 10.6 Å². The van der Waals surface area contributed by atoms with Crippen LogP contribution in [-0.2, 0) is 0 Å². The van der Waals surface area contributed by atoms with Crippen LogP contribution in [-0.4, -0.2) is 56.1 Å². The fraction of sp³-hybridized carbons (Fsp3) is 1.00. The molecule has 2 aliphatic rings. The summed E-state index contributed by atoms with van der Waals surface area (Å²) in [6, 6.07) is 0.765. The van der Waals surface area contributed by atoms with Crippen LogP contribution in [0.3, 0.4) is 0 Å². The molecule has 0 amide bonds. The molecule has 1 atom stereocenters. The smallest absolute Gasteiger partial charge is 0.0223 e. The van der Waals surface area contributed by atoms with Crippen molar-refractivity contribution in [3.63, 3.8) is 0 Å². The lowest BCUT2D eigenvalue weighted by molar-refractivity contribution is 0.113. The van der Waals surface area contributed by atoms with Crippen molar-refractivity contribution in [1.29, 1.82) is 0 Å². The van der Waals surface area contributed by atoms with Crippen molar-refractivity contribution in [1.82, 2.24) is 9.80 Å². The molecule has 2 rings (SSSR count). The largest absolute Gasteiger partial charge is 0.330 e. The quantitative estimate of drug-likeness (QED) is 0.776. The number of likely N-dealkylation sites (N-methyl/N-ethyl adjacent to an activating group) is 1. The Morgan fingerprint density at radius 3 is 2.37 bits per heavy atom. The summed E-state index contributed by atoms with van der Waals surface area (Å²) in [7, 11) is 4.39. The van der Waals surface area contributed by atoms with Gasteiger partial charge in [-0.1, -0.05) is 25.7 Å². The molecular weight excluding hydrogens is 234 g/mol. The van der Waals surface area contributed by atoms with Gasteiger partial charge in [0, 0.05) is 19.1 Å². The van der Waals surface area contributed by atoms with Crippen LogP contribution < -0.4 is 5.73 Å². The Bertz CT molecular complexity index is 257. The van der Waals surface area contributed by atoms with Crippen LogP contribution in [0.1, 0.15) is 51.4 Å². The van der Waals surface area contributed by atoms with Gasteiger partial charge in [-0.15, -0.1) is 0 Å². The number of nitrogens with zero attached hydrogens (tertiary/aromatic N) is 2. The fourth-order valence-corrected chi connectivity index (χ4v) is 4.07. The summed E-state index contributed by atoms with van der Waals surface area (Å²) in [4.78, 5) is 5.09. The van der Waals surface area contributed by atoms with Gasteiger partial charge in [0.05, 0.1) is 0 Å². The Kier molecular flexibility index (Phi) is 5.67. The van der Waals surface area contributed by atoms with E-state index in [2.05, 4.69) is 23.9 Å². The highest BCUT2D eigenvalue weighted by Crippen LogP contribution is 2.36. The van der Waals surface area contributed by atoms with Gasteiger partial charge in [-0.05, 0) is 58.3 Å². The molecule has 0 aromatic rings. The first-order chi connectivity index (χ1) is 9.15. The van der Waals surface area contributed by atoms with Gasteiger partial charge in [0.15, 0.2) is 0 Å². The second kappa shape index (κ2) is 7.05. The summed E-state index contributed by atoms with van der Waals surface area (Å²) < 4.78 is 0. The molecule has 0 radical (unpaired) electrons. The Balaban J connectivity index is 1.96. The summed E-state index contributed by atoms with van der Waals surface area (Å²) >= 11 is 0.